The predicted molar refractivity (Wildman–Crippen MR) is 59.2 cm³/mol. The van der Waals surface area contributed by atoms with Crippen LogP contribution in [0.5, 0.6) is 0 Å². The molecule has 1 N–H and O–H groups in total. The van der Waals surface area contributed by atoms with Gasteiger partial charge in [0.25, 0.3) is 5.91 Å². The number of halogens is 1. The molecule has 76 valence electrons. The summed E-state index contributed by atoms with van der Waals surface area (Å²) in [7, 11) is 0. The quantitative estimate of drug-likeness (QED) is 0.844. The van der Waals surface area contributed by atoms with Gasteiger partial charge in [0.05, 0.1) is 5.56 Å². The van der Waals surface area contributed by atoms with Crippen LogP contribution in [0.25, 0.3) is 0 Å². The summed E-state index contributed by atoms with van der Waals surface area (Å²) in [6.45, 7) is 4.01. The number of hydrogen-bond acceptors (Lipinski definition) is 2. The highest BCUT2D eigenvalue weighted by Gasteiger charge is 2.11. The van der Waals surface area contributed by atoms with Gasteiger partial charge >= 0.3 is 0 Å². The summed E-state index contributed by atoms with van der Waals surface area (Å²) < 4.78 is 0.584. The van der Waals surface area contributed by atoms with Crippen LogP contribution < -0.4 is 5.32 Å². The van der Waals surface area contributed by atoms with Gasteiger partial charge in [-0.3, -0.25) is 4.79 Å². The molecule has 0 bridgehead atoms. The van der Waals surface area contributed by atoms with Crippen molar-refractivity contribution in [1.82, 2.24) is 10.3 Å². The van der Waals surface area contributed by atoms with Crippen molar-refractivity contribution in [3.05, 3.63) is 28.5 Å². The smallest absolute Gasteiger partial charge is 0.254 e. The van der Waals surface area contributed by atoms with Crippen LogP contribution >= 0.6 is 15.9 Å². The van der Waals surface area contributed by atoms with Gasteiger partial charge < -0.3 is 5.32 Å². The molecule has 1 rings (SSSR count). The molecule has 0 aliphatic carbocycles. The monoisotopic (exact) mass is 256 g/mol. The minimum Gasteiger partial charge on any atom is -0.350 e. The molecule has 4 heteroatoms. The van der Waals surface area contributed by atoms with Crippen LogP contribution in [0, 0.1) is 0 Å². The fourth-order valence-corrected chi connectivity index (χ4v) is 1.39. The number of hydrogen-bond donors (Lipinski definition) is 1. The number of carbonyl (C=O) groups is 1. The van der Waals surface area contributed by atoms with Crippen molar-refractivity contribution in [1.29, 1.82) is 0 Å². The lowest BCUT2D eigenvalue weighted by Gasteiger charge is -2.11. The molecule has 14 heavy (non-hydrogen) atoms. The van der Waals surface area contributed by atoms with Gasteiger partial charge in [-0.25, -0.2) is 4.98 Å². The lowest BCUT2D eigenvalue weighted by Crippen LogP contribution is -2.32. The van der Waals surface area contributed by atoms with Crippen LogP contribution in [0.2, 0.25) is 0 Å². The van der Waals surface area contributed by atoms with Crippen molar-refractivity contribution in [3.63, 3.8) is 0 Å². The predicted octanol–water partition coefficient (Wildman–Crippen LogP) is 2.37. The normalized spacial score (nSPS) is 12.2. The van der Waals surface area contributed by atoms with Crippen LogP contribution in [0.4, 0.5) is 0 Å². The zero-order chi connectivity index (χ0) is 10.6. The number of carbonyl (C=O) groups excluding carboxylic acids is 1. The van der Waals surface area contributed by atoms with Crippen LogP contribution in [0.1, 0.15) is 30.6 Å². The SMILES string of the molecule is CCC(C)NC(=O)c1cccnc1Br. The molecule has 0 spiro atoms. The van der Waals surface area contributed by atoms with E-state index in [0.717, 1.165) is 6.42 Å². The van der Waals surface area contributed by atoms with Crippen molar-refractivity contribution in [2.24, 2.45) is 0 Å². The van der Waals surface area contributed by atoms with Crippen LogP contribution in [-0.2, 0) is 0 Å². The highest BCUT2D eigenvalue weighted by atomic mass is 79.9. The Morgan fingerprint density at radius 1 is 1.71 bits per heavy atom. The van der Waals surface area contributed by atoms with E-state index in [1.807, 2.05) is 13.8 Å². The second-order valence-electron chi connectivity index (χ2n) is 3.12. The van der Waals surface area contributed by atoms with E-state index in [9.17, 15) is 4.79 Å². The zero-order valence-corrected chi connectivity index (χ0v) is 9.84. The lowest BCUT2D eigenvalue weighted by atomic mass is 10.2. The Hall–Kier alpha value is -0.900. The molecular weight excluding hydrogens is 244 g/mol. The molecule has 1 aromatic rings. The molecule has 0 aliphatic heterocycles. The van der Waals surface area contributed by atoms with Gasteiger partial charge in [0.15, 0.2) is 0 Å². The first kappa shape index (κ1) is 11.2. The Labute approximate surface area is 92.1 Å². The van der Waals surface area contributed by atoms with Crippen LogP contribution in [0.15, 0.2) is 22.9 Å². The first-order chi connectivity index (χ1) is 6.65. The largest absolute Gasteiger partial charge is 0.350 e. The van der Waals surface area contributed by atoms with E-state index in [2.05, 4.69) is 26.2 Å². The maximum atomic E-state index is 11.7. The number of amides is 1. The number of pyridine rings is 1. The third kappa shape index (κ3) is 2.80. The van der Waals surface area contributed by atoms with Gasteiger partial charge in [0.1, 0.15) is 4.60 Å². The van der Waals surface area contributed by atoms with Crippen LogP contribution in [-0.4, -0.2) is 16.9 Å². The average Bonchev–Trinajstić information content (AvgIpc) is 2.18. The zero-order valence-electron chi connectivity index (χ0n) is 8.25. The van der Waals surface area contributed by atoms with Gasteiger partial charge in [-0.2, -0.15) is 0 Å². The Morgan fingerprint density at radius 2 is 2.43 bits per heavy atom. The first-order valence-electron chi connectivity index (χ1n) is 4.56. The van der Waals surface area contributed by atoms with Crippen molar-refractivity contribution in [2.75, 3.05) is 0 Å². The average molecular weight is 257 g/mol. The van der Waals surface area contributed by atoms with Crippen molar-refractivity contribution >= 4 is 21.8 Å². The Bertz CT molecular complexity index is 328. The second-order valence-corrected chi connectivity index (χ2v) is 3.88. The Kier molecular flexibility index (Phi) is 4.07. The highest BCUT2D eigenvalue weighted by molar-refractivity contribution is 9.10. The van der Waals surface area contributed by atoms with Gasteiger partial charge in [-0.05, 0) is 41.4 Å². The maximum Gasteiger partial charge on any atom is 0.254 e. The fourth-order valence-electron chi connectivity index (χ4n) is 0.959. The van der Waals surface area contributed by atoms with E-state index in [1.54, 1.807) is 18.3 Å². The molecule has 0 aliphatic rings. The third-order valence-corrected chi connectivity index (χ3v) is 2.63. The molecule has 1 amide bonds. The molecule has 1 aromatic heterocycles. The summed E-state index contributed by atoms with van der Waals surface area (Å²) in [5, 5.41) is 2.88. The number of nitrogens with one attached hydrogen (secondary N) is 1. The number of aromatic nitrogens is 1. The minimum absolute atomic E-state index is 0.0840. The van der Waals surface area contributed by atoms with Crippen LogP contribution in [0.3, 0.4) is 0 Å². The molecule has 1 unspecified atom stereocenters. The standard InChI is InChI=1S/C10H13BrN2O/c1-3-7(2)13-10(14)8-5-4-6-12-9(8)11/h4-7H,3H2,1-2H3,(H,13,14). The second kappa shape index (κ2) is 5.10. The summed E-state index contributed by atoms with van der Waals surface area (Å²) >= 11 is 3.24. The molecule has 1 heterocycles. The van der Waals surface area contributed by atoms with Gasteiger partial charge in [-0.1, -0.05) is 6.92 Å². The molecule has 0 saturated carbocycles. The fraction of sp³-hybridized carbons (Fsp3) is 0.400. The summed E-state index contributed by atoms with van der Waals surface area (Å²) in [4.78, 5) is 15.6. The summed E-state index contributed by atoms with van der Waals surface area (Å²) in [5.41, 5.74) is 0.577. The molecule has 0 fully saturated rings. The molecule has 0 aromatic carbocycles. The molecule has 0 saturated heterocycles. The lowest BCUT2D eigenvalue weighted by molar-refractivity contribution is 0.0938. The van der Waals surface area contributed by atoms with Crippen molar-refractivity contribution < 1.29 is 4.79 Å². The Morgan fingerprint density at radius 3 is 3.00 bits per heavy atom. The first-order valence-corrected chi connectivity index (χ1v) is 5.35. The molecule has 1 atom stereocenters. The van der Waals surface area contributed by atoms with E-state index in [-0.39, 0.29) is 11.9 Å². The summed E-state index contributed by atoms with van der Waals surface area (Å²) in [5.74, 6) is -0.0840. The molecular formula is C10H13BrN2O. The third-order valence-electron chi connectivity index (χ3n) is 1.99. The highest BCUT2D eigenvalue weighted by Crippen LogP contribution is 2.12. The van der Waals surface area contributed by atoms with Gasteiger partial charge in [0, 0.05) is 12.2 Å². The van der Waals surface area contributed by atoms with Gasteiger partial charge in [-0.15, -0.1) is 0 Å². The van der Waals surface area contributed by atoms with E-state index < -0.39 is 0 Å². The van der Waals surface area contributed by atoms with E-state index in [1.165, 1.54) is 0 Å². The topological polar surface area (TPSA) is 42.0 Å². The van der Waals surface area contributed by atoms with E-state index in [0.29, 0.717) is 10.2 Å². The molecule has 0 radical (unpaired) electrons. The summed E-state index contributed by atoms with van der Waals surface area (Å²) in [6, 6.07) is 3.68. The van der Waals surface area contributed by atoms with E-state index in [4.69, 9.17) is 0 Å². The van der Waals surface area contributed by atoms with Crippen molar-refractivity contribution in [2.45, 2.75) is 26.3 Å². The van der Waals surface area contributed by atoms with Gasteiger partial charge in [0.2, 0.25) is 0 Å². The van der Waals surface area contributed by atoms with Crippen molar-refractivity contribution in [3.8, 4) is 0 Å². The minimum atomic E-state index is -0.0840. The Balaban J connectivity index is 2.75. The molecule has 3 nitrogen and oxygen atoms in total. The number of nitrogens with zero attached hydrogens (tertiary/aromatic N) is 1. The number of rotatable bonds is 3. The van der Waals surface area contributed by atoms with E-state index >= 15 is 0 Å². The summed E-state index contributed by atoms with van der Waals surface area (Å²) in [6.07, 6.45) is 2.56. The maximum absolute atomic E-state index is 11.7.